The molecular weight excluding hydrogens is 448 g/mol. The molecule has 0 spiro atoms. The highest BCUT2D eigenvalue weighted by Gasteiger charge is 2.63. The highest BCUT2D eigenvalue weighted by molar-refractivity contribution is 5.98. The molecule has 0 bridgehead atoms. The van der Waals surface area contributed by atoms with Crippen LogP contribution in [0.1, 0.15) is 37.8 Å². The molecule has 2 atom stereocenters. The lowest BCUT2D eigenvalue weighted by atomic mass is 9.54. The number of carbonyl (C=O) groups excluding carboxylic acids is 2. The van der Waals surface area contributed by atoms with Crippen molar-refractivity contribution in [1.29, 1.82) is 0 Å². The van der Waals surface area contributed by atoms with Gasteiger partial charge in [0.2, 0.25) is 0 Å². The molecule has 0 saturated heterocycles. The second-order valence-electron chi connectivity index (χ2n) is 8.65. The summed E-state index contributed by atoms with van der Waals surface area (Å²) in [5.41, 5.74) is -1.34. The second kappa shape index (κ2) is 11.0. The summed E-state index contributed by atoms with van der Waals surface area (Å²) in [4.78, 5) is 28.7. The van der Waals surface area contributed by atoms with Crippen LogP contribution < -0.4 is 9.47 Å². The van der Waals surface area contributed by atoms with Gasteiger partial charge in [-0.3, -0.25) is 9.59 Å². The highest BCUT2D eigenvalue weighted by Crippen LogP contribution is 2.51. The Labute approximate surface area is 212 Å². The Morgan fingerprint density at radius 1 is 0.500 bits per heavy atom. The summed E-state index contributed by atoms with van der Waals surface area (Å²) >= 11 is 0. The molecule has 0 radical (unpaired) electrons. The lowest BCUT2D eigenvalue weighted by molar-refractivity contribution is -0.156. The summed E-state index contributed by atoms with van der Waals surface area (Å²) in [5, 5.41) is 0. The molecule has 36 heavy (non-hydrogen) atoms. The topological polar surface area (TPSA) is 52.6 Å². The van der Waals surface area contributed by atoms with E-state index in [1.807, 2.05) is 111 Å². The van der Waals surface area contributed by atoms with Crippen molar-refractivity contribution in [3.05, 3.63) is 132 Å². The molecule has 0 aromatic heterocycles. The molecule has 4 aromatic rings. The van der Waals surface area contributed by atoms with Gasteiger partial charge < -0.3 is 9.47 Å². The molecule has 182 valence electrons. The fraction of sp³-hybridized carbons (Fsp3) is 0.188. The zero-order valence-electron chi connectivity index (χ0n) is 20.6. The van der Waals surface area contributed by atoms with E-state index in [-0.39, 0.29) is 0 Å². The van der Waals surface area contributed by atoms with Crippen molar-refractivity contribution in [2.24, 2.45) is 0 Å². The van der Waals surface area contributed by atoms with Crippen LogP contribution in [0.3, 0.4) is 0 Å². The average molecular weight is 479 g/mol. The zero-order valence-corrected chi connectivity index (χ0v) is 20.6. The van der Waals surface area contributed by atoms with Crippen molar-refractivity contribution in [3.8, 4) is 11.5 Å². The molecule has 0 amide bonds. The van der Waals surface area contributed by atoms with E-state index >= 15 is 0 Å². The van der Waals surface area contributed by atoms with Crippen molar-refractivity contribution in [1.82, 2.24) is 0 Å². The van der Waals surface area contributed by atoms with Crippen LogP contribution in [-0.4, -0.2) is 11.9 Å². The highest BCUT2D eigenvalue weighted by atomic mass is 16.5. The average Bonchev–Trinajstić information content (AvgIpc) is 2.93. The molecule has 0 N–H and O–H groups in total. The molecule has 4 heteroatoms. The van der Waals surface area contributed by atoms with Gasteiger partial charge in [-0.15, -0.1) is 0 Å². The van der Waals surface area contributed by atoms with Crippen LogP contribution >= 0.6 is 0 Å². The van der Waals surface area contributed by atoms with Crippen LogP contribution in [-0.2, 0) is 20.4 Å². The molecule has 0 aliphatic carbocycles. The number of ether oxygens (including phenoxy) is 2. The quantitative estimate of drug-likeness (QED) is 0.194. The summed E-state index contributed by atoms with van der Waals surface area (Å²) in [7, 11) is 0. The Bertz CT molecular complexity index is 1170. The summed E-state index contributed by atoms with van der Waals surface area (Å²) in [6, 6.07) is 36.8. The Morgan fingerprint density at radius 3 is 1.06 bits per heavy atom. The first-order chi connectivity index (χ1) is 17.6. The molecule has 4 rings (SSSR count). The van der Waals surface area contributed by atoms with E-state index in [0.29, 0.717) is 35.5 Å². The zero-order chi connectivity index (χ0) is 25.4. The first-order valence-electron chi connectivity index (χ1n) is 12.2. The largest absolute Gasteiger partial charge is 0.426 e. The van der Waals surface area contributed by atoms with Gasteiger partial charge in [-0.2, -0.15) is 0 Å². The van der Waals surface area contributed by atoms with Crippen LogP contribution in [0, 0.1) is 0 Å². The predicted molar refractivity (Wildman–Crippen MR) is 141 cm³/mol. The van der Waals surface area contributed by atoms with E-state index in [9.17, 15) is 9.59 Å². The molecular formula is C32H30O4. The van der Waals surface area contributed by atoms with Gasteiger partial charge >= 0.3 is 11.9 Å². The van der Waals surface area contributed by atoms with E-state index in [0.717, 1.165) is 0 Å². The van der Waals surface area contributed by atoms with Crippen LogP contribution in [0.5, 0.6) is 11.5 Å². The van der Waals surface area contributed by atoms with Gasteiger partial charge in [0.25, 0.3) is 0 Å². The number of benzene rings is 4. The Hall–Kier alpha value is -4.18. The van der Waals surface area contributed by atoms with Gasteiger partial charge in [0.15, 0.2) is 0 Å². The van der Waals surface area contributed by atoms with Crippen molar-refractivity contribution >= 4 is 11.9 Å². The van der Waals surface area contributed by atoms with Gasteiger partial charge in [-0.25, -0.2) is 0 Å². The number of para-hydroxylation sites is 2. The van der Waals surface area contributed by atoms with E-state index in [4.69, 9.17) is 9.47 Å². The Kier molecular flexibility index (Phi) is 7.65. The van der Waals surface area contributed by atoms with Gasteiger partial charge in [0, 0.05) is 0 Å². The van der Waals surface area contributed by atoms with Crippen LogP contribution in [0.4, 0.5) is 0 Å². The lowest BCUT2D eigenvalue weighted by Gasteiger charge is -2.46. The van der Waals surface area contributed by atoms with Crippen molar-refractivity contribution in [2.75, 3.05) is 0 Å². The first-order valence-corrected chi connectivity index (χ1v) is 12.2. The van der Waals surface area contributed by atoms with Crippen molar-refractivity contribution < 1.29 is 19.1 Å². The maximum atomic E-state index is 14.4. The van der Waals surface area contributed by atoms with Gasteiger partial charge in [0.1, 0.15) is 22.3 Å². The molecule has 0 aliphatic heterocycles. The number of rotatable bonds is 9. The summed E-state index contributed by atoms with van der Waals surface area (Å²) in [6.07, 6.45) is 0.630. The van der Waals surface area contributed by atoms with Gasteiger partial charge in [-0.05, 0) is 48.2 Å². The van der Waals surface area contributed by atoms with Crippen LogP contribution in [0.15, 0.2) is 121 Å². The minimum absolute atomic E-state index is 0.315. The molecule has 4 aromatic carbocycles. The second-order valence-corrected chi connectivity index (χ2v) is 8.65. The maximum Gasteiger partial charge on any atom is 0.323 e. The SMILES string of the molecule is CCC(C(=O)Oc1ccccc1)(c1ccccc1)C(CC)(C(=O)Oc1ccccc1)c1ccccc1. The first kappa shape index (κ1) is 24.9. The molecule has 4 nitrogen and oxygen atoms in total. The van der Waals surface area contributed by atoms with Gasteiger partial charge in [0.05, 0.1) is 0 Å². The van der Waals surface area contributed by atoms with Gasteiger partial charge in [-0.1, -0.05) is 111 Å². The minimum atomic E-state index is -1.37. The number of hydrogen-bond acceptors (Lipinski definition) is 4. The molecule has 0 aliphatic rings. The fourth-order valence-electron chi connectivity index (χ4n) is 5.19. The van der Waals surface area contributed by atoms with E-state index in [1.165, 1.54) is 0 Å². The van der Waals surface area contributed by atoms with E-state index in [1.54, 1.807) is 24.3 Å². The molecule has 0 heterocycles. The predicted octanol–water partition coefficient (Wildman–Crippen LogP) is 6.89. The smallest absolute Gasteiger partial charge is 0.323 e. The number of esters is 2. The standard InChI is InChI=1S/C32H30O4/c1-3-31(25-17-9-5-10-18-25,29(33)35-27-21-13-7-14-22-27)32(4-2,26-19-11-6-12-20-26)30(34)36-28-23-15-8-16-24-28/h5-24H,3-4H2,1-2H3. The van der Waals surface area contributed by atoms with Crippen LogP contribution in [0.2, 0.25) is 0 Å². The van der Waals surface area contributed by atoms with E-state index in [2.05, 4.69) is 0 Å². The fourth-order valence-corrected chi connectivity index (χ4v) is 5.19. The lowest BCUT2D eigenvalue weighted by Crippen LogP contribution is -2.60. The third kappa shape index (κ3) is 4.42. The third-order valence-electron chi connectivity index (χ3n) is 6.93. The summed E-state index contributed by atoms with van der Waals surface area (Å²) in [5.74, 6) is -0.160. The minimum Gasteiger partial charge on any atom is -0.426 e. The van der Waals surface area contributed by atoms with Crippen molar-refractivity contribution in [2.45, 2.75) is 37.5 Å². The monoisotopic (exact) mass is 478 g/mol. The maximum absolute atomic E-state index is 14.4. The normalized spacial score (nSPS) is 14.2. The van der Waals surface area contributed by atoms with E-state index < -0.39 is 22.8 Å². The summed E-state index contributed by atoms with van der Waals surface area (Å²) < 4.78 is 12.0. The van der Waals surface area contributed by atoms with Crippen LogP contribution in [0.25, 0.3) is 0 Å². The van der Waals surface area contributed by atoms with Crippen molar-refractivity contribution in [3.63, 3.8) is 0 Å². The number of carbonyl (C=O) groups is 2. The Balaban J connectivity index is 1.98. The molecule has 0 fully saturated rings. The molecule has 2 unspecified atom stereocenters. The third-order valence-corrected chi connectivity index (χ3v) is 6.93. The summed E-state index contributed by atoms with van der Waals surface area (Å²) in [6.45, 7) is 3.84. The number of hydrogen-bond donors (Lipinski definition) is 0. The molecule has 0 saturated carbocycles. The Morgan fingerprint density at radius 2 is 0.778 bits per heavy atom.